The highest BCUT2D eigenvalue weighted by atomic mass is 16.5. The van der Waals surface area contributed by atoms with Gasteiger partial charge in [0.2, 0.25) is 0 Å². The van der Waals surface area contributed by atoms with Gasteiger partial charge in [-0.15, -0.1) is 0 Å². The van der Waals surface area contributed by atoms with Crippen molar-refractivity contribution in [3.8, 4) is 0 Å². The Balaban J connectivity index is 1.54. The molecule has 122 valence electrons. The van der Waals surface area contributed by atoms with Gasteiger partial charge in [-0.1, -0.05) is 31.9 Å². The first-order valence-corrected chi connectivity index (χ1v) is 8.81. The highest BCUT2D eigenvalue weighted by molar-refractivity contribution is 4.93. The number of hydrogen-bond donors (Lipinski definition) is 2. The number of hydrogen-bond acceptors (Lipinski definition) is 3. The molecule has 0 aromatic rings. The number of ether oxygens (including phenoxy) is 1. The van der Waals surface area contributed by atoms with E-state index in [-0.39, 0.29) is 6.10 Å². The Morgan fingerprint density at radius 3 is 2.67 bits per heavy atom. The van der Waals surface area contributed by atoms with Gasteiger partial charge >= 0.3 is 0 Å². The molecule has 0 radical (unpaired) electrons. The molecular formula is C18H33NO2. The van der Waals surface area contributed by atoms with E-state index in [1.54, 1.807) is 0 Å². The summed E-state index contributed by atoms with van der Waals surface area (Å²) in [5.74, 6) is 2.12. The van der Waals surface area contributed by atoms with Gasteiger partial charge in [0.1, 0.15) is 0 Å². The van der Waals surface area contributed by atoms with Gasteiger partial charge in [0, 0.05) is 12.6 Å². The van der Waals surface area contributed by atoms with E-state index in [0.717, 1.165) is 25.4 Å². The van der Waals surface area contributed by atoms with E-state index in [1.165, 1.54) is 25.7 Å². The molecule has 2 N–H and O–H groups in total. The van der Waals surface area contributed by atoms with E-state index in [9.17, 15) is 5.11 Å². The van der Waals surface area contributed by atoms with E-state index in [4.69, 9.17) is 4.74 Å². The Labute approximate surface area is 130 Å². The van der Waals surface area contributed by atoms with E-state index in [0.29, 0.717) is 31.0 Å². The fourth-order valence-electron chi connectivity index (χ4n) is 3.60. The number of rotatable bonds is 8. The summed E-state index contributed by atoms with van der Waals surface area (Å²) in [5, 5.41) is 13.5. The maximum Gasteiger partial charge on any atom is 0.0897 e. The molecule has 1 saturated carbocycles. The van der Waals surface area contributed by atoms with Crippen molar-refractivity contribution in [3.05, 3.63) is 12.2 Å². The van der Waals surface area contributed by atoms with Gasteiger partial charge in [0.25, 0.3) is 0 Å². The van der Waals surface area contributed by atoms with Crippen LogP contribution in [-0.4, -0.2) is 37.0 Å². The third-order valence-corrected chi connectivity index (χ3v) is 5.34. The zero-order valence-electron chi connectivity index (χ0n) is 13.8. The summed E-state index contributed by atoms with van der Waals surface area (Å²) in [6.07, 6.45) is 11.8. The topological polar surface area (TPSA) is 41.5 Å². The van der Waals surface area contributed by atoms with E-state index < -0.39 is 0 Å². The van der Waals surface area contributed by atoms with Crippen LogP contribution in [0, 0.1) is 17.8 Å². The predicted molar refractivity (Wildman–Crippen MR) is 87.3 cm³/mol. The van der Waals surface area contributed by atoms with Crippen molar-refractivity contribution in [1.29, 1.82) is 0 Å². The largest absolute Gasteiger partial charge is 0.389 e. The third kappa shape index (κ3) is 5.72. The van der Waals surface area contributed by atoms with Crippen LogP contribution in [0.25, 0.3) is 0 Å². The van der Waals surface area contributed by atoms with Gasteiger partial charge in [0.15, 0.2) is 0 Å². The molecule has 0 aromatic heterocycles. The summed E-state index contributed by atoms with van der Waals surface area (Å²) in [6, 6.07) is 0.519. The van der Waals surface area contributed by atoms with Crippen LogP contribution in [0.3, 0.4) is 0 Å². The molecule has 0 amide bonds. The normalized spacial score (nSPS) is 29.7. The van der Waals surface area contributed by atoms with E-state index in [2.05, 4.69) is 31.3 Å². The first-order chi connectivity index (χ1) is 10.2. The number of nitrogens with one attached hydrogen (secondary N) is 1. The second kappa shape index (κ2) is 8.92. The van der Waals surface area contributed by atoms with Crippen LogP contribution in [0.15, 0.2) is 12.2 Å². The fourth-order valence-corrected chi connectivity index (χ4v) is 3.60. The van der Waals surface area contributed by atoms with Crippen molar-refractivity contribution in [2.24, 2.45) is 17.8 Å². The fraction of sp³-hybridized carbons (Fsp3) is 0.889. The van der Waals surface area contributed by atoms with Crippen molar-refractivity contribution in [3.63, 3.8) is 0 Å². The Bertz CT molecular complexity index is 312. The lowest BCUT2D eigenvalue weighted by Crippen LogP contribution is -2.39. The first-order valence-electron chi connectivity index (χ1n) is 8.81. The summed E-state index contributed by atoms with van der Waals surface area (Å²) < 4.78 is 5.74. The summed E-state index contributed by atoms with van der Waals surface area (Å²) in [4.78, 5) is 0. The molecule has 0 bridgehead atoms. The molecule has 3 heteroatoms. The minimum Gasteiger partial charge on any atom is -0.389 e. The number of aliphatic hydroxyl groups excluding tert-OH is 1. The SMILES string of the molecule is CC1CC=CCC1COCC(O)CN[C@H](C)C1CCCC1. The Hall–Kier alpha value is -0.380. The first kappa shape index (κ1) is 17.0. The van der Waals surface area contributed by atoms with Crippen molar-refractivity contribution >= 4 is 0 Å². The van der Waals surface area contributed by atoms with Crippen LogP contribution >= 0.6 is 0 Å². The van der Waals surface area contributed by atoms with Gasteiger partial charge in [-0.25, -0.2) is 0 Å². The van der Waals surface area contributed by atoms with E-state index in [1.807, 2.05) is 0 Å². The van der Waals surface area contributed by atoms with Crippen LogP contribution in [-0.2, 0) is 4.74 Å². The molecule has 2 rings (SSSR count). The summed E-state index contributed by atoms with van der Waals surface area (Å²) >= 11 is 0. The van der Waals surface area contributed by atoms with E-state index >= 15 is 0 Å². The van der Waals surface area contributed by atoms with Crippen LogP contribution in [0.1, 0.15) is 52.4 Å². The molecule has 2 aliphatic rings. The molecule has 0 aliphatic heterocycles. The Morgan fingerprint density at radius 2 is 1.95 bits per heavy atom. The molecule has 3 unspecified atom stereocenters. The lowest BCUT2D eigenvalue weighted by Gasteiger charge is -2.26. The second-order valence-electron chi connectivity index (χ2n) is 7.11. The highest BCUT2D eigenvalue weighted by Crippen LogP contribution is 2.27. The molecule has 0 heterocycles. The number of allylic oxidation sites excluding steroid dienone is 2. The quantitative estimate of drug-likeness (QED) is 0.676. The minimum atomic E-state index is -0.386. The van der Waals surface area contributed by atoms with Crippen LogP contribution in [0.5, 0.6) is 0 Å². The molecule has 0 spiro atoms. The monoisotopic (exact) mass is 295 g/mol. The molecule has 1 fully saturated rings. The van der Waals surface area contributed by atoms with Crippen LogP contribution < -0.4 is 5.32 Å². The molecule has 21 heavy (non-hydrogen) atoms. The highest BCUT2D eigenvalue weighted by Gasteiger charge is 2.22. The van der Waals surface area contributed by atoms with Gasteiger partial charge in [-0.05, 0) is 50.4 Å². The standard InChI is InChI=1S/C18H33NO2/c1-14-7-3-4-10-17(14)12-21-13-18(20)11-19-15(2)16-8-5-6-9-16/h3-4,14-20H,5-13H2,1-2H3/t14?,15-,17?,18?/m1/s1. The van der Waals surface area contributed by atoms with Gasteiger partial charge in [0.05, 0.1) is 19.3 Å². The summed E-state index contributed by atoms with van der Waals surface area (Å²) in [6.45, 7) is 6.42. The lowest BCUT2D eigenvalue weighted by atomic mass is 9.85. The molecule has 3 nitrogen and oxygen atoms in total. The molecular weight excluding hydrogens is 262 g/mol. The summed E-state index contributed by atoms with van der Waals surface area (Å²) in [5.41, 5.74) is 0. The molecule has 0 saturated heterocycles. The average molecular weight is 295 g/mol. The maximum atomic E-state index is 10.0. The second-order valence-corrected chi connectivity index (χ2v) is 7.11. The van der Waals surface area contributed by atoms with Gasteiger partial charge in [-0.3, -0.25) is 0 Å². The minimum absolute atomic E-state index is 0.386. The van der Waals surface area contributed by atoms with Gasteiger partial charge < -0.3 is 15.2 Å². The Kier molecular flexibility index (Phi) is 7.21. The van der Waals surface area contributed by atoms with Crippen molar-refractivity contribution in [1.82, 2.24) is 5.32 Å². The van der Waals surface area contributed by atoms with Crippen LogP contribution in [0.2, 0.25) is 0 Å². The third-order valence-electron chi connectivity index (χ3n) is 5.34. The average Bonchev–Trinajstić information content (AvgIpc) is 3.01. The molecule has 2 aliphatic carbocycles. The Morgan fingerprint density at radius 1 is 1.24 bits per heavy atom. The zero-order chi connectivity index (χ0) is 15.1. The zero-order valence-corrected chi connectivity index (χ0v) is 13.8. The summed E-state index contributed by atoms with van der Waals surface area (Å²) in [7, 11) is 0. The predicted octanol–water partition coefficient (Wildman–Crippen LogP) is 3.13. The van der Waals surface area contributed by atoms with Crippen LogP contribution in [0.4, 0.5) is 0 Å². The van der Waals surface area contributed by atoms with Gasteiger partial charge in [-0.2, -0.15) is 0 Å². The lowest BCUT2D eigenvalue weighted by molar-refractivity contribution is 0.0114. The van der Waals surface area contributed by atoms with Crippen molar-refractivity contribution in [2.45, 2.75) is 64.5 Å². The maximum absolute atomic E-state index is 10.0. The number of aliphatic hydroxyl groups is 1. The van der Waals surface area contributed by atoms with Crippen molar-refractivity contribution in [2.75, 3.05) is 19.8 Å². The van der Waals surface area contributed by atoms with Crippen molar-refractivity contribution < 1.29 is 9.84 Å². The smallest absolute Gasteiger partial charge is 0.0897 e. The molecule has 0 aromatic carbocycles. The molecule has 4 atom stereocenters.